The summed E-state index contributed by atoms with van der Waals surface area (Å²) >= 11 is 0. The molecule has 0 fully saturated rings. The summed E-state index contributed by atoms with van der Waals surface area (Å²) in [5.41, 5.74) is -1.26. The predicted molar refractivity (Wildman–Crippen MR) is 41.6 cm³/mol. The number of aliphatic hydroxyl groups is 1. The number of hydrogen-bond donors (Lipinski definition) is 1. The summed E-state index contributed by atoms with van der Waals surface area (Å²) in [6.07, 6.45) is -5.06. The highest BCUT2D eigenvalue weighted by Gasteiger charge is 2.33. The zero-order chi connectivity index (χ0) is 12.3. The van der Waals surface area contributed by atoms with Gasteiger partial charge in [0.2, 0.25) is 0 Å². The molecule has 0 saturated carbocycles. The summed E-state index contributed by atoms with van der Waals surface area (Å²) in [5, 5.41) is 8.57. The molecular formula is C8H6F5NO2. The maximum Gasteiger partial charge on any atom is 0.573 e. The van der Waals surface area contributed by atoms with Crippen LogP contribution in [-0.2, 0) is 13.3 Å². The van der Waals surface area contributed by atoms with E-state index in [4.69, 9.17) is 5.11 Å². The van der Waals surface area contributed by atoms with Gasteiger partial charge in [-0.2, -0.15) is 0 Å². The van der Waals surface area contributed by atoms with E-state index in [1.54, 1.807) is 0 Å². The van der Waals surface area contributed by atoms with Gasteiger partial charge in [0, 0.05) is 6.07 Å². The second-order valence-electron chi connectivity index (χ2n) is 2.70. The first kappa shape index (κ1) is 12.6. The molecule has 3 nitrogen and oxygen atoms in total. The summed E-state index contributed by atoms with van der Waals surface area (Å²) in [6, 6.07) is 0.334. The van der Waals surface area contributed by atoms with Crippen molar-refractivity contribution in [2.24, 2.45) is 0 Å². The maximum absolute atomic E-state index is 12.9. The van der Waals surface area contributed by atoms with Gasteiger partial charge in [0.15, 0.2) is 11.6 Å². The molecule has 0 amide bonds. The minimum absolute atomic E-state index is 0.334. The van der Waals surface area contributed by atoms with Crippen LogP contribution in [0.4, 0.5) is 22.0 Å². The van der Waals surface area contributed by atoms with Crippen molar-refractivity contribution in [2.45, 2.75) is 19.6 Å². The number of alkyl halides is 4. The Morgan fingerprint density at radius 1 is 1.31 bits per heavy atom. The van der Waals surface area contributed by atoms with Crippen LogP contribution in [0.3, 0.4) is 0 Å². The lowest BCUT2D eigenvalue weighted by Crippen LogP contribution is -2.19. The highest BCUT2D eigenvalue weighted by molar-refractivity contribution is 5.30. The number of nitrogens with zero attached hydrogens (tertiary/aromatic N) is 1. The van der Waals surface area contributed by atoms with Crippen LogP contribution < -0.4 is 4.74 Å². The smallest absolute Gasteiger partial charge is 0.404 e. The van der Waals surface area contributed by atoms with Crippen molar-refractivity contribution in [2.75, 3.05) is 0 Å². The minimum Gasteiger partial charge on any atom is -0.404 e. The van der Waals surface area contributed by atoms with E-state index < -0.39 is 42.6 Å². The summed E-state index contributed by atoms with van der Waals surface area (Å²) in [4.78, 5) is 3.17. The number of aromatic nitrogens is 1. The van der Waals surface area contributed by atoms with Crippen molar-refractivity contribution in [1.82, 2.24) is 4.98 Å². The Labute approximate surface area is 86.5 Å². The third kappa shape index (κ3) is 3.02. The molecule has 0 aliphatic heterocycles. The topological polar surface area (TPSA) is 42.4 Å². The van der Waals surface area contributed by atoms with Crippen molar-refractivity contribution in [1.29, 1.82) is 0 Å². The van der Waals surface area contributed by atoms with Gasteiger partial charge in [-0.25, -0.2) is 13.8 Å². The van der Waals surface area contributed by atoms with Crippen molar-refractivity contribution in [3.63, 3.8) is 0 Å². The van der Waals surface area contributed by atoms with E-state index in [0.717, 1.165) is 0 Å². The Bertz CT molecular complexity index is 379. The van der Waals surface area contributed by atoms with Gasteiger partial charge in [-0.3, -0.25) is 0 Å². The molecule has 0 aromatic carbocycles. The van der Waals surface area contributed by atoms with Crippen LogP contribution in [-0.4, -0.2) is 16.5 Å². The summed E-state index contributed by atoms with van der Waals surface area (Å²) < 4.78 is 64.1. The Hall–Kier alpha value is -1.44. The van der Waals surface area contributed by atoms with Gasteiger partial charge in [-0.1, -0.05) is 0 Å². The fourth-order valence-corrected chi connectivity index (χ4v) is 0.973. The Balaban J connectivity index is 3.13. The molecule has 0 aliphatic rings. The number of hydrogen-bond acceptors (Lipinski definition) is 3. The highest BCUT2D eigenvalue weighted by Crippen LogP contribution is 2.27. The van der Waals surface area contributed by atoms with E-state index in [2.05, 4.69) is 9.72 Å². The first-order valence-corrected chi connectivity index (χ1v) is 3.98. The summed E-state index contributed by atoms with van der Waals surface area (Å²) in [5.74, 6) is -2.25. The van der Waals surface area contributed by atoms with Gasteiger partial charge >= 0.3 is 6.36 Å². The zero-order valence-electron chi connectivity index (χ0n) is 7.68. The predicted octanol–water partition coefficient (Wildman–Crippen LogP) is 2.08. The van der Waals surface area contributed by atoms with Crippen LogP contribution >= 0.6 is 0 Å². The normalized spacial score (nSPS) is 11.6. The third-order valence-corrected chi connectivity index (χ3v) is 1.59. The average Bonchev–Trinajstić information content (AvgIpc) is 2.16. The van der Waals surface area contributed by atoms with Gasteiger partial charge < -0.3 is 9.84 Å². The lowest BCUT2D eigenvalue weighted by molar-refractivity contribution is -0.275. The van der Waals surface area contributed by atoms with Gasteiger partial charge in [0.25, 0.3) is 0 Å². The Kier molecular flexibility index (Phi) is 3.63. The zero-order valence-corrected chi connectivity index (χ0v) is 7.68. The van der Waals surface area contributed by atoms with E-state index in [9.17, 15) is 22.0 Å². The molecule has 1 rings (SSSR count). The lowest BCUT2D eigenvalue weighted by atomic mass is 10.3. The third-order valence-electron chi connectivity index (χ3n) is 1.59. The second kappa shape index (κ2) is 4.60. The monoisotopic (exact) mass is 243 g/mol. The second-order valence-corrected chi connectivity index (χ2v) is 2.70. The van der Waals surface area contributed by atoms with E-state index in [0.29, 0.717) is 6.07 Å². The van der Waals surface area contributed by atoms with Gasteiger partial charge in [0.05, 0.1) is 6.61 Å². The standard InChI is InChI=1S/C8H6F5NO2/c9-2-5-7(16-8(11,12)13)1-4(10)6(3-15)14-5/h1,15H,2-3H2. The highest BCUT2D eigenvalue weighted by atomic mass is 19.4. The largest absolute Gasteiger partial charge is 0.573 e. The SMILES string of the molecule is OCc1nc(CF)c(OC(F)(F)F)cc1F. The van der Waals surface area contributed by atoms with Crippen LogP contribution in [0.1, 0.15) is 11.4 Å². The molecule has 0 unspecified atom stereocenters. The van der Waals surface area contributed by atoms with Gasteiger partial charge in [0.1, 0.15) is 18.1 Å². The molecule has 1 aromatic rings. The lowest BCUT2D eigenvalue weighted by Gasteiger charge is -2.12. The Morgan fingerprint density at radius 2 is 1.94 bits per heavy atom. The van der Waals surface area contributed by atoms with Crippen molar-refractivity contribution in [3.05, 3.63) is 23.3 Å². The van der Waals surface area contributed by atoms with Crippen LogP contribution in [0.5, 0.6) is 5.75 Å². The Morgan fingerprint density at radius 3 is 2.38 bits per heavy atom. The van der Waals surface area contributed by atoms with Crippen LogP contribution in [0, 0.1) is 5.82 Å². The van der Waals surface area contributed by atoms with E-state index in [-0.39, 0.29) is 0 Å². The molecule has 0 atom stereocenters. The molecule has 0 bridgehead atoms. The van der Waals surface area contributed by atoms with E-state index in [1.807, 2.05) is 0 Å². The molecule has 1 N–H and O–H groups in total. The molecule has 16 heavy (non-hydrogen) atoms. The molecule has 8 heteroatoms. The van der Waals surface area contributed by atoms with Crippen LogP contribution in [0.15, 0.2) is 6.07 Å². The van der Waals surface area contributed by atoms with Crippen molar-refractivity contribution < 1.29 is 31.8 Å². The quantitative estimate of drug-likeness (QED) is 0.826. The molecule has 1 aromatic heterocycles. The molecule has 0 aliphatic carbocycles. The maximum atomic E-state index is 12.9. The van der Waals surface area contributed by atoms with Gasteiger partial charge in [-0.15, -0.1) is 13.2 Å². The molecule has 90 valence electrons. The fraction of sp³-hybridized carbons (Fsp3) is 0.375. The summed E-state index contributed by atoms with van der Waals surface area (Å²) in [7, 11) is 0. The molecule has 0 radical (unpaired) electrons. The van der Waals surface area contributed by atoms with Crippen molar-refractivity contribution >= 4 is 0 Å². The minimum atomic E-state index is -5.06. The fourth-order valence-electron chi connectivity index (χ4n) is 0.973. The number of halogens is 5. The van der Waals surface area contributed by atoms with E-state index >= 15 is 0 Å². The van der Waals surface area contributed by atoms with Crippen LogP contribution in [0.25, 0.3) is 0 Å². The molecule has 0 saturated heterocycles. The number of rotatable bonds is 3. The first-order valence-electron chi connectivity index (χ1n) is 3.98. The van der Waals surface area contributed by atoms with E-state index in [1.165, 1.54) is 0 Å². The van der Waals surface area contributed by atoms with Crippen molar-refractivity contribution in [3.8, 4) is 5.75 Å². The van der Waals surface area contributed by atoms with Gasteiger partial charge in [-0.05, 0) is 0 Å². The number of ether oxygens (including phenoxy) is 1. The molecular weight excluding hydrogens is 237 g/mol. The van der Waals surface area contributed by atoms with Crippen LogP contribution in [0.2, 0.25) is 0 Å². The molecule has 0 spiro atoms. The number of aliphatic hydroxyl groups excluding tert-OH is 1. The first-order chi connectivity index (χ1) is 7.37. The molecule has 1 heterocycles. The average molecular weight is 243 g/mol. The number of pyridine rings is 1. The summed E-state index contributed by atoms with van der Waals surface area (Å²) in [6.45, 7) is -2.20.